The maximum Gasteiger partial charge on any atom is 0.242 e. The molecule has 1 atom stereocenters. The van der Waals surface area contributed by atoms with E-state index in [-0.39, 0.29) is 6.04 Å². The van der Waals surface area contributed by atoms with E-state index in [4.69, 9.17) is 0 Å². The van der Waals surface area contributed by atoms with Crippen molar-refractivity contribution in [2.75, 3.05) is 27.2 Å². The minimum Gasteiger partial charge on any atom is -0.312 e. The number of sulfonamides is 1. The van der Waals surface area contributed by atoms with Gasteiger partial charge in [-0.1, -0.05) is 6.92 Å². The number of nitrogens with one attached hydrogen (secondary N) is 2. The van der Waals surface area contributed by atoms with Gasteiger partial charge >= 0.3 is 0 Å². The van der Waals surface area contributed by atoms with Crippen LogP contribution < -0.4 is 10.0 Å². The van der Waals surface area contributed by atoms with Gasteiger partial charge in [-0.15, -0.1) is 11.3 Å². The minimum absolute atomic E-state index is 0.0959. The second kappa shape index (κ2) is 8.59. The van der Waals surface area contributed by atoms with Crippen molar-refractivity contribution in [3.8, 4) is 0 Å². The van der Waals surface area contributed by atoms with Gasteiger partial charge in [0.05, 0.1) is 3.79 Å². The van der Waals surface area contributed by atoms with E-state index in [1.54, 1.807) is 6.07 Å². The Bertz CT molecular complexity index is 544. The molecule has 0 radical (unpaired) electrons. The summed E-state index contributed by atoms with van der Waals surface area (Å²) >= 11 is 4.81. The summed E-state index contributed by atoms with van der Waals surface area (Å²) in [5.41, 5.74) is 0. The quantitative estimate of drug-likeness (QED) is 0.670. The van der Waals surface area contributed by atoms with Gasteiger partial charge in [0.2, 0.25) is 10.0 Å². The number of hydrogen-bond donors (Lipinski definition) is 2. The van der Waals surface area contributed by atoms with Crippen LogP contribution in [0.2, 0.25) is 0 Å². The van der Waals surface area contributed by atoms with Crippen molar-refractivity contribution in [2.45, 2.75) is 37.8 Å². The van der Waals surface area contributed by atoms with Crippen LogP contribution in [0.4, 0.5) is 0 Å². The Morgan fingerprint density at radius 1 is 1.43 bits per heavy atom. The molecule has 0 aliphatic rings. The van der Waals surface area contributed by atoms with Crippen molar-refractivity contribution < 1.29 is 8.42 Å². The van der Waals surface area contributed by atoms with E-state index in [0.717, 1.165) is 24.4 Å². The smallest absolute Gasteiger partial charge is 0.242 e. The predicted octanol–water partition coefficient (Wildman–Crippen LogP) is 2.24. The van der Waals surface area contributed by atoms with Gasteiger partial charge in [-0.25, -0.2) is 13.1 Å². The highest BCUT2D eigenvalue weighted by molar-refractivity contribution is 9.11. The zero-order chi connectivity index (χ0) is 16.0. The monoisotopic (exact) mass is 397 g/mol. The zero-order valence-corrected chi connectivity index (χ0v) is 16.2. The molecule has 5 nitrogen and oxygen atoms in total. The van der Waals surface area contributed by atoms with Crippen LogP contribution in [-0.2, 0) is 16.6 Å². The van der Waals surface area contributed by atoms with Gasteiger partial charge in [-0.2, -0.15) is 0 Å². The molecule has 1 aromatic rings. The van der Waals surface area contributed by atoms with Gasteiger partial charge in [-0.3, -0.25) is 0 Å². The first-order valence-corrected chi connectivity index (χ1v) is 10.0. The second-order valence-electron chi connectivity index (χ2n) is 5.25. The number of thiophene rings is 1. The van der Waals surface area contributed by atoms with Gasteiger partial charge in [0.15, 0.2) is 0 Å². The van der Waals surface area contributed by atoms with Crippen LogP contribution in [-0.4, -0.2) is 46.5 Å². The van der Waals surface area contributed by atoms with Crippen LogP contribution in [0.1, 0.15) is 25.1 Å². The van der Waals surface area contributed by atoms with Gasteiger partial charge in [0, 0.05) is 17.5 Å². The first kappa shape index (κ1) is 19.1. The zero-order valence-electron chi connectivity index (χ0n) is 12.9. The molecule has 1 heterocycles. The molecule has 0 aromatic carbocycles. The molecule has 1 aromatic heterocycles. The largest absolute Gasteiger partial charge is 0.312 e. The van der Waals surface area contributed by atoms with Crippen LogP contribution in [0.5, 0.6) is 0 Å². The first-order chi connectivity index (χ1) is 9.76. The fraction of sp³-hybridized carbons (Fsp3) is 0.692. The Labute approximate surface area is 140 Å². The van der Waals surface area contributed by atoms with Crippen LogP contribution >= 0.6 is 27.3 Å². The topological polar surface area (TPSA) is 61.4 Å². The number of halogens is 1. The molecular weight excluding hydrogens is 374 g/mol. The molecule has 1 unspecified atom stereocenters. The molecule has 8 heteroatoms. The summed E-state index contributed by atoms with van der Waals surface area (Å²) in [7, 11) is 0.477. The van der Waals surface area contributed by atoms with Crippen LogP contribution in [0.25, 0.3) is 0 Å². The lowest BCUT2D eigenvalue weighted by molar-refractivity contribution is 0.379. The fourth-order valence-corrected chi connectivity index (χ4v) is 5.69. The van der Waals surface area contributed by atoms with Crippen LogP contribution in [0.3, 0.4) is 0 Å². The second-order valence-corrected chi connectivity index (χ2v) is 9.38. The first-order valence-electron chi connectivity index (χ1n) is 6.92. The highest BCUT2D eigenvalue weighted by atomic mass is 79.9. The Kier molecular flexibility index (Phi) is 7.80. The van der Waals surface area contributed by atoms with Crippen molar-refractivity contribution in [1.82, 2.24) is 14.9 Å². The average Bonchev–Trinajstić information content (AvgIpc) is 2.75. The third-order valence-corrected chi connectivity index (χ3v) is 6.75. The Hall–Kier alpha value is 0.01000. The van der Waals surface area contributed by atoms with Crippen molar-refractivity contribution in [2.24, 2.45) is 0 Å². The van der Waals surface area contributed by atoms with Crippen molar-refractivity contribution in [3.05, 3.63) is 14.7 Å². The van der Waals surface area contributed by atoms with Gasteiger partial charge in [0.1, 0.15) is 4.90 Å². The van der Waals surface area contributed by atoms with E-state index in [1.165, 1.54) is 11.3 Å². The van der Waals surface area contributed by atoms with E-state index >= 15 is 0 Å². The van der Waals surface area contributed by atoms with Crippen LogP contribution in [0.15, 0.2) is 14.7 Å². The third kappa shape index (κ3) is 6.33. The van der Waals surface area contributed by atoms with Gasteiger partial charge < -0.3 is 10.2 Å². The fourth-order valence-electron chi connectivity index (χ4n) is 1.76. The van der Waals surface area contributed by atoms with E-state index in [2.05, 4.69) is 26.0 Å². The maximum atomic E-state index is 12.4. The van der Waals surface area contributed by atoms with E-state index < -0.39 is 10.0 Å². The van der Waals surface area contributed by atoms with Gasteiger partial charge in [0.25, 0.3) is 0 Å². The minimum atomic E-state index is -3.48. The molecule has 0 saturated carbocycles. The summed E-state index contributed by atoms with van der Waals surface area (Å²) in [5.74, 6) is 0. The van der Waals surface area contributed by atoms with Gasteiger partial charge in [-0.05, 0) is 62.5 Å². The molecule has 0 amide bonds. The van der Waals surface area contributed by atoms with E-state index in [1.807, 2.05) is 32.8 Å². The number of hydrogen-bond acceptors (Lipinski definition) is 5. The van der Waals surface area contributed by atoms with Crippen LogP contribution in [0, 0.1) is 0 Å². The Balaban J connectivity index is 2.75. The highest BCUT2D eigenvalue weighted by Gasteiger charge is 2.22. The third-order valence-electron chi connectivity index (χ3n) is 2.91. The molecule has 0 fully saturated rings. The molecule has 1 rings (SSSR count). The molecule has 0 aliphatic carbocycles. The van der Waals surface area contributed by atoms with E-state index in [9.17, 15) is 8.42 Å². The molecule has 0 aliphatic heterocycles. The SMILES string of the molecule is CCNCc1cc(S(=O)(=O)NC(C)CCN(C)C)c(Br)s1. The van der Waals surface area contributed by atoms with Crippen molar-refractivity contribution in [3.63, 3.8) is 0 Å². The summed E-state index contributed by atoms with van der Waals surface area (Å²) in [5, 5.41) is 3.20. The van der Waals surface area contributed by atoms with E-state index in [0.29, 0.717) is 15.2 Å². The molecular formula is C13H24BrN3O2S2. The number of nitrogens with zero attached hydrogens (tertiary/aromatic N) is 1. The molecule has 2 N–H and O–H groups in total. The molecule has 0 bridgehead atoms. The van der Waals surface area contributed by atoms with Crippen molar-refractivity contribution >= 4 is 37.3 Å². The standard InChI is InChI=1S/C13H24BrN3O2S2/c1-5-15-9-11-8-12(13(14)20-11)21(18,19)16-10(2)6-7-17(3)4/h8,10,15-16H,5-7,9H2,1-4H3. The Morgan fingerprint density at radius 2 is 2.10 bits per heavy atom. The highest BCUT2D eigenvalue weighted by Crippen LogP contribution is 2.31. The summed E-state index contributed by atoms with van der Waals surface area (Å²) in [6.45, 7) is 6.30. The maximum absolute atomic E-state index is 12.4. The molecule has 0 spiro atoms. The summed E-state index contributed by atoms with van der Waals surface area (Å²) in [4.78, 5) is 3.38. The summed E-state index contributed by atoms with van der Waals surface area (Å²) in [6.07, 6.45) is 0.776. The molecule has 122 valence electrons. The molecule has 0 saturated heterocycles. The molecule has 21 heavy (non-hydrogen) atoms. The Morgan fingerprint density at radius 3 is 2.67 bits per heavy atom. The normalized spacial score (nSPS) is 13.8. The number of rotatable bonds is 9. The van der Waals surface area contributed by atoms with Crippen molar-refractivity contribution in [1.29, 1.82) is 0 Å². The lowest BCUT2D eigenvalue weighted by Crippen LogP contribution is -2.34. The summed E-state index contributed by atoms with van der Waals surface area (Å²) in [6, 6.07) is 1.64. The lowest BCUT2D eigenvalue weighted by atomic mass is 10.2. The predicted molar refractivity (Wildman–Crippen MR) is 92.4 cm³/mol. The average molecular weight is 398 g/mol. The lowest BCUT2D eigenvalue weighted by Gasteiger charge is -2.16. The summed E-state index contributed by atoms with van der Waals surface area (Å²) < 4.78 is 28.2.